The molecule has 0 radical (unpaired) electrons. The first-order chi connectivity index (χ1) is 18.0. The first-order valence-electron chi connectivity index (χ1n) is 11.6. The topological polar surface area (TPSA) is 155 Å². The van der Waals surface area contributed by atoms with E-state index in [1.165, 1.54) is 18.2 Å². The van der Waals surface area contributed by atoms with Crippen LogP contribution in [0.15, 0.2) is 60.7 Å². The Bertz CT molecular complexity index is 1430. The largest absolute Gasteiger partial charge is 0.506 e. The molecule has 4 rings (SSSR count). The van der Waals surface area contributed by atoms with Gasteiger partial charge in [-0.05, 0) is 54.4 Å². The second-order valence-corrected chi connectivity index (χ2v) is 10.7. The molecular formula is C26H29N3O8S. The number of ether oxygens (including phenoxy) is 3. The standard InChI is InChI=1S/C26H29N3O8S/c1-26(17-5-8-19(35-2)9-6-17,25(32)28-18-7-11-23-24(13-18)37-15-36-23)27-14-22(31)16-4-10-21(30)20(12-16)29-38(3,33)34/h4-13,22,27,29-31H,14-15H2,1-3H3,(H,28,32)/t22-,26-/m0/s1. The SMILES string of the molecule is COc1ccc([C@](C)(NC[C@H](O)c2ccc(O)c(NS(C)(=O)=O)c2)C(=O)Nc2ccc3c(c2)OCO3)cc1. The molecule has 0 fully saturated rings. The fourth-order valence-electron chi connectivity index (χ4n) is 3.93. The highest BCUT2D eigenvalue weighted by atomic mass is 32.2. The molecule has 0 saturated carbocycles. The summed E-state index contributed by atoms with van der Waals surface area (Å²) < 4.78 is 41.4. The molecule has 202 valence electrons. The van der Waals surface area contributed by atoms with Gasteiger partial charge >= 0.3 is 0 Å². The summed E-state index contributed by atoms with van der Waals surface area (Å²) in [4.78, 5) is 13.6. The van der Waals surface area contributed by atoms with Crippen molar-refractivity contribution in [2.24, 2.45) is 0 Å². The minimum absolute atomic E-state index is 0.0671. The van der Waals surface area contributed by atoms with Gasteiger partial charge in [-0.15, -0.1) is 0 Å². The number of phenols is 1. The van der Waals surface area contributed by atoms with Crippen molar-refractivity contribution in [3.8, 4) is 23.0 Å². The Hall–Kier alpha value is -4.00. The molecule has 1 aliphatic rings. The van der Waals surface area contributed by atoms with E-state index in [4.69, 9.17) is 14.2 Å². The Morgan fingerprint density at radius 2 is 1.79 bits per heavy atom. The van der Waals surface area contributed by atoms with Gasteiger partial charge in [-0.25, -0.2) is 8.42 Å². The van der Waals surface area contributed by atoms with E-state index in [-0.39, 0.29) is 24.8 Å². The molecule has 0 spiro atoms. The third kappa shape index (κ3) is 6.10. The van der Waals surface area contributed by atoms with Crippen molar-refractivity contribution in [2.45, 2.75) is 18.6 Å². The molecule has 3 aromatic rings. The molecule has 5 N–H and O–H groups in total. The molecule has 0 aliphatic carbocycles. The van der Waals surface area contributed by atoms with Crippen molar-refractivity contribution in [1.29, 1.82) is 0 Å². The maximum atomic E-state index is 13.6. The zero-order chi connectivity index (χ0) is 27.5. The number of hydrogen-bond donors (Lipinski definition) is 5. The fraction of sp³-hybridized carbons (Fsp3) is 0.269. The van der Waals surface area contributed by atoms with Crippen LogP contribution in [0.25, 0.3) is 0 Å². The average Bonchev–Trinajstić information content (AvgIpc) is 3.35. The van der Waals surface area contributed by atoms with Crippen LogP contribution < -0.4 is 29.6 Å². The van der Waals surface area contributed by atoms with Crippen LogP contribution in [-0.4, -0.2) is 51.2 Å². The van der Waals surface area contributed by atoms with Gasteiger partial charge in [0.15, 0.2) is 11.5 Å². The summed E-state index contributed by atoms with van der Waals surface area (Å²) >= 11 is 0. The number of methoxy groups -OCH3 is 1. The summed E-state index contributed by atoms with van der Waals surface area (Å²) in [6, 6.07) is 16.1. The molecule has 3 aromatic carbocycles. The zero-order valence-corrected chi connectivity index (χ0v) is 21.8. The molecule has 38 heavy (non-hydrogen) atoms. The summed E-state index contributed by atoms with van der Waals surface area (Å²) in [7, 11) is -2.11. The second-order valence-electron chi connectivity index (χ2n) is 8.92. The summed E-state index contributed by atoms with van der Waals surface area (Å²) in [5.41, 5.74) is 0.0523. The van der Waals surface area contributed by atoms with Crippen LogP contribution in [0.3, 0.4) is 0 Å². The van der Waals surface area contributed by atoms with E-state index in [2.05, 4.69) is 15.4 Å². The van der Waals surface area contributed by atoms with E-state index in [9.17, 15) is 23.4 Å². The zero-order valence-electron chi connectivity index (χ0n) is 21.0. The van der Waals surface area contributed by atoms with Gasteiger partial charge in [0.1, 0.15) is 17.0 Å². The Morgan fingerprint density at radius 3 is 2.47 bits per heavy atom. The molecular weight excluding hydrogens is 514 g/mol. The molecule has 1 aliphatic heterocycles. The molecule has 12 heteroatoms. The highest BCUT2D eigenvalue weighted by molar-refractivity contribution is 7.92. The Morgan fingerprint density at radius 1 is 1.08 bits per heavy atom. The molecule has 11 nitrogen and oxygen atoms in total. The van der Waals surface area contributed by atoms with Gasteiger partial charge < -0.3 is 29.7 Å². The summed E-state index contributed by atoms with van der Waals surface area (Å²) in [6.45, 7) is 1.70. The molecule has 0 saturated heterocycles. The van der Waals surface area contributed by atoms with Gasteiger partial charge in [0.05, 0.1) is 25.2 Å². The number of aliphatic hydroxyl groups excluding tert-OH is 1. The van der Waals surface area contributed by atoms with Crippen LogP contribution in [0.2, 0.25) is 0 Å². The van der Waals surface area contributed by atoms with Crippen LogP contribution in [0.5, 0.6) is 23.0 Å². The average molecular weight is 544 g/mol. The molecule has 1 amide bonds. The van der Waals surface area contributed by atoms with Crippen molar-refractivity contribution in [1.82, 2.24) is 5.32 Å². The number of sulfonamides is 1. The highest BCUT2D eigenvalue weighted by Crippen LogP contribution is 2.35. The molecule has 0 aromatic heterocycles. The first kappa shape index (κ1) is 27.0. The van der Waals surface area contributed by atoms with Gasteiger partial charge in [0, 0.05) is 18.3 Å². The van der Waals surface area contributed by atoms with Crippen LogP contribution in [0.1, 0.15) is 24.2 Å². The lowest BCUT2D eigenvalue weighted by Crippen LogP contribution is -2.50. The number of anilines is 2. The van der Waals surface area contributed by atoms with Gasteiger partial charge in [-0.3, -0.25) is 14.8 Å². The minimum atomic E-state index is -3.65. The molecule has 0 bridgehead atoms. The number of carbonyl (C=O) groups excluding carboxylic acids is 1. The van der Waals surface area contributed by atoms with Crippen molar-refractivity contribution in [2.75, 3.05) is 36.7 Å². The quantitative estimate of drug-likeness (QED) is 0.243. The Labute approximate surface area is 220 Å². The third-order valence-corrected chi connectivity index (χ3v) is 6.69. The normalized spacial score (nSPS) is 14.8. The van der Waals surface area contributed by atoms with E-state index in [0.29, 0.717) is 34.1 Å². The third-order valence-electron chi connectivity index (χ3n) is 6.10. The van der Waals surface area contributed by atoms with Gasteiger partial charge in [-0.2, -0.15) is 0 Å². The van der Waals surface area contributed by atoms with E-state index >= 15 is 0 Å². The predicted octanol–water partition coefficient (Wildman–Crippen LogP) is 2.68. The van der Waals surface area contributed by atoms with Crippen molar-refractivity contribution in [3.63, 3.8) is 0 Å². The van der Waals surface area contributed by atoms with Crippen molar-refractivity contribution >= 4 is 27.3 Å². The van der Waals surface area contributed by atoms with Gasteiger partial charge in [-0.1, -0.05) is 18.2 Å². The maximum Gasteiger partial charge on any atom is 0.249 e. The lowest BCUT2D eigenvalue weighted by molar-refractivity contribution is -0.122. The van der Waals surface area contributed by atoms with E-state index in [1.807, 2.05) is 0 Å². The number of phenolic OH excluding ortho intramolecular Hbond substituents is 1. The molecule has 1 heterocycles. The fourth-order valence-corrected chi connectivity index (χ4v) is 4.49. The molecule has 0 unspecified atom stereocenters. The number of benzene rings is 3. The first-order valence-corrected chi connectivity index (χ1v) is 13.5. The maximum absolute atomic E-state index is 13.6. The monoisotopic (exact) mass is 543 g/mol. The van der Waals surface area contributed by atoms with Crippen LogP contribution in [0.4, 0.5) is 11.4 Å². The van der Waals surface area contributed by atoms with E-state index in [0.717, 1.165) is 6.26 Å². The van der Waals surface area contributed by atoms with Crippen LogP contribution in [0, 0.1) is 0 Å². The number of fused-ring (bicyclic) bond motifs is 1. The number of amides is 1. The number of rotatable bonds is 10. The summed E-state index contributed by atoms with van der Waals surface area (Å²) in [5, 5.41) is 26.9. The lowest BCUT2D eigenvalue weighted by Gasteiger charge is -2.31. The number of aromatic hydroxyl groups is 1. The number of nitrogens with one attached hydrogen (secondary N) is 3. The van der Waals surface area contributed by atoms with Crippen molar-refractivity contribution < 1.29 is 37.6 Å². The summed E-state index contributed by atoms with van der Waals surface area (Å²) in [5.74, 6) is 1.02. The minimum Gasteiger partial charge on any atom is -0.506 e. The number of hydrogen-bond acceptors (Lipinski definition) is 9. The number of carbonyl (C=O) groups is 1. The lowest BCUT2D eigenvalue weighted by atomic mass is 9.90. The highest BCUT2D eigenvalue weighted by Gasteiger charge is 2.36. The van der Waals surface area contributed by atoms with Crippen molar-refractivity contribution in [3.05, 3.63) is 71.8 Å². The second kappa shape index (κ2) is 10.8. The predicted molar refractivity (Wildman–Crippen MR) is 141 cm³/mol. The Kier molecular flexibility index (Phi) is 7.67. The van der Waals surface area contributed by atoms with E-state index < -0.39 is 27.6 Å². The van der Waals surface area contributed by atoms with E-state index in [1.54, 1.807) is 56.5 Å². The van der Waals surface area contributed by atoms with Gasteiger partial charge in [0.25, 0.3) is 0 Å². The van der Waals surface area contributed by atoms with Gasteiger partial charge in [0.2, 0.25) is 22.7 Å². The Balaban J connectivity index is 1.58. The van der Waals surface area contributed by atoms with Crippen LogP contribution in [-0.2, 0) is 20.4 Å². The number of aliphatic hydroxyl groups is 1. The smallest absolute Gasteiger partial charge is 0.249 e. The summed E-state index contributed by atoms with van der Waals surface area (Å²) in [6.07, 6.45) is -0.192. The van der Waals surface area contributed by atoms with Crippen LogP contribution >= 0.6 is 0 Å². The molecule has 2 atom stereocenters.